The van der Waals surface area contributed by atoms with E-state index in [1.807, 2.05) is 6.07 Å². The van der Waals surface area contributed by atoms with Crippen LogP contribution in [0.1, 0.15) is 11.1 Å². The van der Waals surface area contributed by atoms with E-state index in [1.54, 1.807) is 30.3 Å². The van der Waals surface area contributed by atoms with Gasteiger partial charge in [0.2, 0.25) is 0 Å². The molecule has 2 aromatic rings. The van der Waals surface area contributed by atoms with Crippen molar-refractivity contribution in [3.63, 3.8) is 0 Å². The number of anilines is 1. The summed E-state index contributed by atoms with van der Waals surface area (Å²) in [6.45, 7) is 0.507. The third-order valence-electron chi connectivity index (χ3n) is 2.94. The number of benzene rings is 2. The molecule has 4 N–H and O–H groups in total. The predicted molar refractivity (Wildman–Crippen MR) is 82.7 cm³/mol. The van der Waals surface area contributed by atoms with Gasteiger partial charge in [0, 0.05) is 29.9 Å². The Morgan fingerprint density at radius 1 is 1.27 bits per heavy atom. The molecule has 8 nitrogen and oxygen atoms in total. The van der Waals surface area contributed by atoms with E-state index in [0.29, 0.717) is 12.1 Å². The van der Waals surface area contributed by atoms with Crippen molar-refractivity contribution in [1.82, 2.24) is 0 Å². The highest BCUT2D eigenvalue weighted by Gasteiger charge is 2.04. The zero-order valence-corrected chi connectivity index (χ0v) is 11.6. The summed E-state index contributed by atoms with van der Waals surface area (Å²) in [4.78, 5) is 10.2. The van der Waals surface area contributed by atoms with Gasteiger partial charge in [-0.2, -0.15) is 0 Å². The molecule has 8 heteroatoms. The first-order valence-electron chi connectivity index (χ1n) is 6.37. The average molecular weight is 298 g/mol. The van der Waals surface area contributed by atoms with Gasteiger partial charge in [-0.3, -0.25) is 15.5 Å². The van der Waals surface area contributed by atoms with Crippen LogP contribution in [0.25, 0.3) is 0 Å². The fraction of sp³-hybridized carbons (Fsp3) is 0.0714. The SMILES string of the molecule is N=C(N=NN)c1cccc(NCc2ccc([N+](=O)[O-])cc2)c1. The number of hydrogen-bond acceptors (Lipinski definition) is 5. The Hall–Kier alpha value is -3.29. The standard InChI is InChI=1S/C14H14N6O2/c15-14(18-19-16)11-2-1-3-12(8-11)17-9-10-4-6-13(7-5-10)20(21)22/h1-8,17H,9H2,(H3,15,16,18). The summed E-state index contributed by atoms with van der Waals surface area (Å²) in [6.07, 6.45) is 0. The van der Waals surface area contributed by atoms with Crippen LogP contribution in [0.3, 0.4) is 0 Å². The lowest BCUT2D eigenvalue weighted by Gasteiger charge is -2.07. The molecule has 0 fully saturated rings. The third-order valence-corrected chi connectivity index (χ3v) is 2.94. The van der Waals surface area contributed by atoms with E-state index in [2.05, 4.69) is 15.7 Å². The van der Waals surface area contributed by atoms with Crippen molar-refractivity contribution in [2.45, 2.75) is 6.54 Å². The molecule has 2 rings (SSSR count). The molecule has 0 spiro atoms. The second kappa shape index (κ2) is 6.93. The van der Waals surface area contributed by atoms with E-state index in [9.17, 15) is 10.1 Å². The number of nitrogens with one attached hydrogen (secondary N) is 2. The highest BCUT2D eigenvalue weighted by Crippen LogP contribution is 2.15. The molecule has 0 atom stereocenters. The van der Waals surface area contributed by atoms with Crippen molar-refractivity contribution in [3.8, 4) is 0 Å². The van der Waals surface area contributed by atoms with Crippen molar-refractivity contribution < 1.29 is 4.92 Å². The molecule has 0 radical (unpaired) electrons. The number of non-ortho nitro benzene ring substituents is 1. The molecule has 0 aliphatic rings. The molecule has 0 saturated heterocycles. The van der Waals surface area contributed by atoms with Gasteiger partial charge in [-0.15, -0.1) is 5.11 Å². The van der Waals surface area contributed by atoms with Crippen LogP contribution < -0.4 is 11.2 Å². The molecule has 0 aromatic heterocycles. The van der Waals surface area contributed by atoms with Gasteiger partial charge in [0.25, 0.3) is 5.69 Å². The lowest BCUT2D eigenvalue weighted by Crippen LogP contribution is -2.02. The Morgan fingerprint density at radius 3 is 2.64 bits per heavy atom. The maximum absolute atomic E-state index is 10.6. The van der Waals surface area contributed by atoms with Gasteiger partial charge in [0.15, 0.2) is 5.84 Å². The summed E-state index contributed by atoms with van der Waals surface area (Å²) in [5.41, 5.74) is 2.36. The molecule has 22 heavy (non-hydrogen) atoms. The van der Waals surface area contributed by atoms with E-state index < -0.39 is 4.92 Å². The lowest BCUT2D eigenvalue weighted by atomic mass is 10.1. The molecule has 0 amide bonds. The van der Waals surface area contributed by atoms with Crippen LogP contribution in [-0.4, -0.2) is 10.8 Å². The van der Waals surface area contributed by atoms with Crippen LogP contribution in [0.4, 0.5) is 11.4 Å². The van der Waals surface area contributed by atoms with Crippen LogP contribution in [-0.2, 0) is 6.54 Å². The smallest absolute Gasteiger partial charge is 0.269 e. The highest BCUT2D eigenvalue weighted by molar-refractivity contribution is 5.97. The van der Waals surface area contributed by atoms with Crippen molar-refractivity contribution in [2.24, 2.45) is 16.2 Å². The number of hydrogen-bond donors (Lipinski definition) is 3. The number of nitro groups is 1. The zero-order chi connectivity index (χ0) is 15.9. The van der Waals surface area contributed by atoms with Crippen LogP contribution in [0.5, 0.6) is 0 Å². The van der Waals surface area contributed by atoms with E-state index >= 15 is 0 Å². The minimum Gasteiger partial charge on any atom is -0.381 e. The molecular weight excluding hydrogens is 284 g/mol. The monoisotopic (exact) mass is 298 g/mol. The third kappa shape index (κ3) is 3.85. The molecule has 0 aliphatic heterocycles. The zero-order valence-electron chi connectivity index (χ0n) is 11.6. The normalized spacial score (nSPS) is 10.5. The van der Waals surface area contributed by atoms with Gasteiger partial charge < -0.3 is 11.2 Å². The second-order valence-electron chi connectivity index (χ2n) is 4.42. The van der Waals surface area contributed by atoms with Crippen molar-refractivity contribution >= 4 is 17.2 Å². The van der Waals surface area contributed by atoms with Gasteiger partial charge in [0.1, 0.15) is 0 Å². The summed E-state index contributed by atoms with van der Waals surface area (Å²) in [5.74, 6) is 4.90. The Balaban J connectivity index is 2.03. The van der Waals surface area contributed by atoms with Gasteiger partial charge in [-0.1, -0.05) is 29.5 Å². The highest BCUT2D eigenvalue weighted by atomic mass is 16.6. The first-order chi connectivity index (χ1) is 10.6. The Morgan fingerprint density at radius 2 is 2.00 bits per heavy atom. The first kappa shape index (κ1) is 15.1. The van der Waals surface area contributed by atoms with Crippen LogP contribution >= 0.6 is 0 Å². The van der Waals surface area contributed by atoms with Crippen molar-refractivity contribution in [3.05, 3.63) is 69.8 Å². The molecule has 0 aliphatic carbocycles. The fourth-order valence-corrected chi connectivity index (χ4v) is 1.83. The maximum Gasteiger partial charge on any atom is 0.269 e. The molecule has 112 valence electrons. The summed E-state index contributed by atoms with van der Waals surface area (Å²) in [7, 11) is 0. The minimum absolute atomic E-state index is 0.0264. The first-order valence-corrected chi connectivity index (χ1v) is 6.37. The van der Waals surface area contributed by atoms with Crippen LogP contribution in [0.15, 0.2) is 58.9 Å². The Labute approximate surface area is 126 Å². The summed E-state index contributed by atoms with van der Waals surface area (Å²) in [6, 6.07) is 13.4. The number of rotatable bonds is 5. The fourth-order valence-electron chi connectivity index (χ4n) is 1.83. The quantitative estimate of drug-likeness (QED) is 0.196. The minimum atomic E-state index is -0.432. The summed E-state index contributed by atoms with van der Waals surface area (Å²) in [5, 5.41) is 28.0. The topological polar surface area (TPSA) is 130 Å². The van der Waals surface area contributed by atoms with Crippen molar-refractivity contribution in [1.29, 1.82) is 5.41 Å². The van der Waals surface area contributed by atoms with Gasteiger partial charge in [0.05, 0.1) is 4.92 Å². The van der Waals surface area contributed by atoms with Gasteiger partial charge in [-0.05, 0) is 17.7 Å². The van der Waals surface area contributed by atoms with E-state index in [1.165, 1.54) is 12.1 Å². The molecule has 0 saturated carbocycles. The molecule has 2 aromatic carbocycles. The largest absolute Gasteiger partial charge is 0.381 e. The number of nitrogens with zero attached hydrogens (tertiary/aromatic N) is 3. The van der Waals surface area contributed by atoms with Crippen LogP contribution in [0.2, 0.25) is 0 Å². The summed E-state index contributed by atoms with van der Waals surface area (Å²) < 4.78 is 0. The number of amidine groups is 1. The second-order valence-corrected chi connectivity index (χ2v) is 4.42. The lowest BCUT2D eigenvalue weighted by molar-refractivity contribution is -0.384. The van der Waals surface area contributed by atoms with Crippen LogP contribution in [0, 0.1) is 15.5 Å². The van der Waals surface area contributed by atoms with Gasteiger partial charge in [-0.25, -0.2) is 0 Å². The van der Waals surface area contributed by atoms with E-state index in [0.717, 1.165) is 11.3 Å². The van der Waals surface area contributed by atoms with Crippen molar-refractivity contribution in [2.75, 3.05) is 5.32 Å². The Bertz CT molecular complexity index is 712. The molecule has 0 heterocycles. The average Bonchev–Trinajstić information content (AvgIpc) is 2.54. The molecule has 0 bridgehead atoms. The molecule has 0 unspecified atom stereocenters. The number of nitro benzene ring substituents is 1. The van der Waals surface area contributed by atoms with E-state index in [-0.39, 0.29) is 11.5 Å². The van der Waals surface area contributed by atoms with E-state index in [4.69, 9.17) is 11.3 Å². The number of nitrogens with two attached hydrogens (primary N) is 1. The molecular formula is C14H14N6O2. The summed E-state index contributed by atoms with van der Waals surface area (Å²) >= 11 is 0. The maximum atomic E-state index is 10.6. The predicted octanol–water partition coefficient (Wildman–Crippen LogP) is 2.86. The Kier molecular flexibility index (Phi) is 4.76. The van der Waals surface area contributed by atoms with Gasteiger partial charge >= 0.3 is 0 Å².